The zero-order valence-corrected chi connectivity index (χ0v) is 13.3. The first kappa shape index (κ1) is 16.1. The zero-order valence-electron chi connectivity index (χ0n) is 13.3. The van der Waals surface area contributed by atoms with Crippen molar-refractivity contribution < 1.29 is 14.6 Å². The van der Waals surface area contributed by atoms with Gasteiger partial charge in [-0.1, -0.05) is 48.5 Å². The number of alkyl carbamates (subject to hydrolysis) is 1. The number of hydrogen-bond acceptors (Lipinski definition) is 5. The van der Waals surface area contributed by atoms with Gasteiger partial charge in [-0.2, -0.15) is 0 Å². The number of fused-ring (bicyclic) bond motifs is 1. The Labute approximate surface area is 140 Å². The molecule has 1 aliphatic rings. The zero-order chi connectivity index (χ0) is 16.9. The molecule has 7 heteroatoms. The SMILES string of the molecule is CCOC(=O)NC1=Nc2ccccc2B(O)N1Cc1ccccc1. The Morgan fingerprint density at radius 1 is 1.21 bits per heavy atom. The van der Waals surface area contributed by atoms with E-state index in [1.165, 1.54) is 0 Å². The molecule has 3 rings (SSSR count). The summed E-state index contributed by atoms with van der Waals surface area (Å²) in [5.74, 6) is 0.267. The van der Waals surface area contributed by atoms with E-state index in [-0.39, 0.29) is 12.6 Å². The van der Waals surface area contributed by atoms with E-state index in [0.717, 1.165) is 5.56 Å². The fourth-order valence-electron chi connectivity index (χ4n) is 2.57. The summed E-state index contributed by atoms with van der Waals surface area (Å²) in [5, 5.41) is 13.4. The summed E-state index contributed by atoms with van der Waals surface area (Å²) in [5.41, 5.74) is 2.32. The van der Waals surface area contributed by atoms with Gasteiger partial charge in [0.1, 0.15) is 0 Å². The fraction of sp³-hybridized carbons (Fsp3) is 0.176. The molecule has 0 radical (unpaired) electrons. The van der Waals surface area contributed by atoms with E-state index in [1.54, 1.807) is 17.8 Å². The average molecular weight is 323 g/mol. The van der Waals surface area contributed by atoms with Crippen LogP contribution in [0.4, 0.5) is 10.5 Å². The first-order valence-corrected chi connectivity index (χ1v) is 7.79. The van der Waals surface area contributed by atoms with E-state index < -0.39 is 13.1 Å². The van der Waals surface area contributed by atoms with Crippen molar-refractivity contribution in [2.24, 2.45) is 4.99 Å². The number of para-hydroxylation sites is 1. The molecule has 0 fully saturated rings. The van der Waals surface area contributed by atoms with Crippen molar-refractivity contribution in [3.63, 3.8) is 0 Å². The van der Waals surface area contributed by atoms with Crippen LogP contribution < -0.4 is 10.8 Å². The summed E-state index contributed by atoms with van der Waals surface area (Å²) in [6.07, 6.45) is -0.596. The summed E-state index contributed by atoms with van der Waals surface area (Å²) in [4.78, 5) is 17.9. The number of nitrogens with zero attached hydrogens (tertiary/aromatic N) is 2. The van der Waals surface area contributed by atoms with E-state index in [9.17, 15) is 9.82 Å². The Kier molecular flexibility index (Phi) is 4.81. The molecule has 1 amide bonds. The summed E-state index contributed by atoms with van der Waals surface area (Å²) >= 11 is 0. The summed E-state index contributed by atoms with van der Waals surface area (Å²) in [7, 11) is -0.907. The first-order chi connectivity index (χ1) is 11.7. The van der Waals surface area contributed by atoms with Crippen molar-refractivity contribution in [3.8, 4) is 0 Å². The van der Waals surface area contributed by atoms with Crippen LogP contribution in [-0.2, 0) is 11.3 Å². The average Bonchev–Trinajstić information content (AvgIpc) is 2.59. The van der Waals surface area contributed by atoms with Crippen molar-refractivity contribution in [1.82, 2.24) is 10.1 Å². The number of carbonyl (C=O) groups excluding carboxylic acids is 1. The lowest BCUT2D eigenvalue weighted by Crippen LogP contribution is -2.58. The molecule has 2 N–H and O–H groups in total. The number of ether oxygens (including phenoxy) is 1. The van der Waals surface area contributed by atoms with E-state index in [2.05, 4.69) is 10.3 Å². The minimum absolute atomic E-state index is 0.261. The number of hydrogen-bond donors (Lipinski definition) is 2. The predicted molar refractivity (Wildman–Crippen MR) is 93.3 cm³/mol. The van der Waals surface area contributed by atoms with Crippen LogP contribution in [0.5, 0.6) is 0 Å². The molecule has 1 aliphatic heterocycles. The van der Waals surface area contributed by atoms with E-state index in [0.29, 0.717) is 17.7 Å². The van der Waals surface area contributed by atoms with Gasteiger partial charge in [0.25, 0.3) is 0 Å². The third kappa shape index (κ3) is 3.41. The highest BCUT2D eigenvalue weighted by atomic mass is 16.5. The van der Waals surface area contributed by atoms with Crippen LogP contribution in [-0.4, -0.2) is 35.5 Å². The minimum atomic E-state index is -0.907. The molecule has 0 unspecified atom stereocenters. The molecule has 0 saturated heterocycles. The van der Waals surface area contributed by atoms with Crippen LogP contribution in [0.1, 0.15) is 12.5 Å². The monoisotopic (exact) mass is 323 g/mol. The van der Waals surface area contributed by atoms with Crippen molar-refractivity contribution in [2.45, 2.75) is 13.5 Å². The van der Waals surface area contributed by atoms with Gasteiger partial charge in [-0.25, -0.2) is 9.79 Å². The molecule has 122 valence electrons. The maximum atomic E-state index is 11.8. The summed E-state index contributed by atoms with van der Waals surface area (Å²) < 4.78 is 4.93. The molecule has 0 saturated carbocycles. The number of rotatable bonds is 3. The third-order valence-electron chi connectivity index (χ3n) is 3.69. The number of benzene rings is 2. The van der Waals surface area contributed by atoms with Gasteiger partial charge in [-0.05, 0) is 18.6 Å². The van der Waals surface area contributed by atoms with Crippen molar-refractivity contribution in [2.75, 3.05) is 6.61 Å². The van der Waals surface area contributed by atoms with Crippen molar-refractivity contribution in [1.29, 1.82) is 0 Å². The molecule has 24 heavy (non-hydrogen) atoms. The van der Waals surface area contributed by atoms with Gasteiger partial charge in [0.15, 0.2) is 5.96 Å². The predicted octanol–water partition coefficient (Wildman–Crippen LogP) is 1.62. The molecule has 2 aromatic rings. The van der Waals surface area contributed by atoms with Crippen LogP contribution in [0.25, 0.3) is 0 Å². The Morgan fingerprint density at radius 2 is 1.92 bits per heavy atom. The summed E-state index contributed by atoms with van der Waals surface area (Å²) in [6, 6.07) is 17.0. The first-order valence-electron chi connectivity index (χ1n) is 7.79. The maximum Gasteiger partial charge on any atom is 0.454 e. The van der Waals surface area contributed by atoms with Crippen LogP contribution >= 0.6 is 0 Å². The number of amides is 1. The highest BCUT2D eigenvalue weighted by Gasteiger charge is 2.34. The molecular formula is C17H18BN3O3. The van der Waals surface area contributed by atoms with Gasteiger partial charge in [-0.3, -0.25) is 5.32 Å². The van der Waals surface area contributed by atoms with Gasteiger partial charge in [-0.15, -0.1) is 0 Å². The molecule has 0 atom stereocenters. The molecule has 0 aromatic heterocycles. The van der Waals surface area contributed by atoms with Gasteiger partial charge < -0.3 is 14.6 Å². The minimum Gasteiger partial charge on any atom is -0.450 e. The Balaban J connectivity index is 1.93. The van der Waals surface area contributed by atoms with E-state index >= 15 is 0 Å². The normalized spacial score (nSPS) is 13.2. The Bertz CT molecular complexity index is 752. The molecule has 1 heterocycles. The van der Waals surface area contributed by atoms with E-state index in [4.69, 9.17) is 4.74 Å². The highest BCUT2D eigenvalue weighted by molar-refractivity contribution is 6.68. The van der Waals surface area contributed by atoms with Crippen LogP contribution in [0, 0.1) is 0 Å². The summed E-state index contributed by atoms with van der Waals surface area (Å²) in [6.45, 7) is 2.40. The fourth-order valence-corrected chi connectivity index (χ4v) is 2.57. The lowest BCUT2D eigenvalue weighted by molar-refractivity contribution is 0.157. The second-order valence-corrected chi connectivity index (χ2v) is 5.33. The molecule has 2 aromatic carbocycles. The number of aliphatic imine (C=N–C) groups is 1. The van der Waals surface area contributed by atoms with E-state index in [1.807, 2.05) is 48.5 Å². The third-order valence-corrected chi connectivity index (χ3v) is 3.69. The molecular weight excluding hydrogens is 305 g/mol. The largest absolute Gasteiger partial charge is 0.454 e. The lowest BCUT2D eigenvalue weighted by atomic mass is 9.69. The lowest BCUT2D eigenvalue weighted by Gasteiger charge is -2.32. The number of carbonyl (C=O) groups is 1. The molecule has 0 spiro atoms. The Morgan fingerprint density at radius 3 is 2.67 bits per heavy atom. The highest BCUT2D eigenvalue weighted by Crippen LogP contribution is 2.18. The number of guanidine groups is 1. The quantitative estimate of drug-likeness (QED) is 0.842. The van der Waals surface area contributed by atoms with Crippen LogP contribution in [0.2, 0.25) is 0 Å². The smallest absolute Gasteiger partial charge is 0.450 e. The van der Waals surface area contributed by atoms with Gasteiger partial charge in [0.05, 0.1) is 12.3 Å². The topological polar surface area (TPSA) is 74.2 Å². The van der Waals surface area contributed by atoms with Crippen LogP contribution in [0.3, 0.4) is 0 Å². The maximum absolute atomic E-state index is 11.8. The molecule has 6 nitrogen and oxygen atoms in total. The van der Waals surface area contributed by atoms with Gasteiger partial charge in [0.2, 0.25) is 0 Å². The second kappa shape index (κ2) is 7.19. The van der Waals surface area contributed by atoms with Gasteiger partial charge in [0, 0.05) is 12.0 Å². The van der Waals surface area contributed by atoms with Crippen molar-refractivity contribution >= 4 is 30.3 Å². The second-order valence-electron chi connectivity index (χ2n) is 5.33. The van der Waals surface area contributed by atoms with Gasteiger partial charge >= 0.3 is 13.1 Å². The Hall–Kier alpha value is -2.80. The number of nitrogens with one attached hydrogen (secondary N) is 1. The van der Waals surface area contributed by atoms with Crippen molar-refractivity contribution in [3.05, 3.63) is 60.2 Å². The molecule has 0 aliphatic carbocycles. The van der Waals surface area contributed by atoms with Crippen LogP contribution in [0.15, 0.2) is 59.6 Å². The standard InChI is InChI=1S/C17H18BN3O3/c1-2-24-17(22)20-16-19-15-11-7-6-10-14(15)18(23)21(16)12-13-8-4-3-5-9-13/h3-11,23H,2,12H2,1H3,(H,19,20,22). The molecule has 0 bridgehead atoms.